The third kappa shape index (κ3) is 4.08. The summed E-state index contributed by atoms with van der Waals surface area (Å²) in [6.45, 7) is 0.0788. The van der Waals surface area contributed by atoms with E-state index in [0.717, 1.165) is 4.90 Å². The molecule has 1 saturated heterocycles. The van der Waals surface area contributed by atoms with Crippen molar-refractivity contribution in [3.05, 3.63) is 39.8 Å². The van der Waals surface area contributed by atoms with E-state index < -0.39 is 35.6 Å². The molecule has 2 aliphatic rings. The summed E-state index contributed by atoms with van der Waals surface area (Å²) in [5.74, 6) is -3.56. The summed E-state index contributed by atoms with van der Waals surface area (Å²) in [5.41, 5.74) is 8.93. The number of carbonyl (C=O) groups excluding carboxylic acids is 4. The minimum absolute atomic E-state index is 0.0205. The van der Waals surface area contributed by atoms with Crippen molar-refractivity contribution in [2.24, 2.45) is 5.11 Å². The molecule has 0 bridgehead atoms. The Kier molecular flexibility index (Phi) is 5.98. The largest absolute Gasteiger partial charge is 0.480 e. The number of hydrogen-bond donors (Lipinski definition) is 2. The second kappa shape index (κ2) is 8.62. The third-order valence-electron chi connectivity index (χ3n) is 4.86. The normalized spacial score (nSPS) is 18.0. The molecule has 0 radical (unpaired) electrons. The summed E-state index contributed by atoms with van der Waals surface area (Å²) < 4.78 is 0. The fourth-order valence-corrected chi connectivity index (χ4v) is 3.50. The molecule has 1 atom stereocenters. The number of amides is 4. The van der Waals surface area contributed by atoms with Crippen molar-refractivity contribution < 1.29 is 29.1 Å². The molecule has 1 fully saturated rings. The summed E-state index contributed by atoms with van der Waals surface area (Å²) in [7, 11) is 0. The number of carboxylic acids is 1. The van der Waals surface area contributed by atoms with E-state index in [1.165, 1.54) is 23.1 Å². The Hall–Kier alpha value is -3.92. The van der Waals surface area contributed by atoms with Crippen molar-refractivity contribution in [1.82, 2.24) is 10.2 Å². The van der Waals surface area contributed by atoms with Gasteiger partial charge in [-0.15, -0.1) is 0 Å². The average molecular weight is 414 g/mol. The Labute approximate surface area is 170 Å². The molecule has 1 aromatic rings. The van der Waals surface area contributed by atoms with Crippen LogP contribution in [0.3, 0.4) is 0 Å². The minimum atomic E-state index is -1.09. The standard InChI is InChI=1S/C18H18N6O6/c19-22-20-6-1-7-23(9-15(26)27)10-2-3-11-12(8-10)18(30)24(17(11)29)13-4-5-14(25)21-16(13)28/h2-3,8,13H,1,4-7,9H2,(H,26,27)(H,21,25,28). The highest BCUT2D eigenvalue weighted by atomic mass is 16.4. The monoisotopic (exact) mass is 414 g/mol. The Morgan fingerprint density at radius 1 is 1.27 bits per heavy atom. The van der Waals surface area contributed by atoms with Gasteiger partial charge < -0.3 is 10.0 Å². The van der Waals surface area contributed by atoms with Crippen molar-refractivity contribution in [1.29, 1.82) is 0 Å². The number of carboxylic acid groups (broad SMARTS) is 1. The van der Waals surface area contributed by atoms with E-state index in [0.29, 0.717) is 12.1 Å². The summed E-state index contributed by atoms with van der Waals surface area (Å²) >= 11 is 0. The van der Waals surface area contributed by atoms with E-state index in [1.54, 1.807) is 0 Å². The van der Waals surface area contributed by atoms with Gasteiger partial charge in [0.15, 0.2) is 0 Å². The van der Waals surface area contributed by atoms with Crippen molar-refractivity contribution >= 4 is 35.3 Å². The van der Waals surface area contributed by atoms with Gasteiger partial charge in [-0.1, -0.05) is 5.11 Å². The zero-order chi connectivity index (χ0) is 21.8. The van der Waals surface area contributed by atoms with Gasteiger partial charge in [-0.25, -0.2) is 0 Å². The van der Waals surface area contributed by atoms with Gasteiger partial charge >= 0.3 is 5.97 Å². The molecule has 0 spiro atoms. The molecule has 1 unspecified atom stereocenters. The van der Waals surface area contributed by atoms with Gasteiger partial charge in [-0.05, 0) is 36.6 Å². The van der Waals surface area contributed by atoms with Crippen LogP contribution in [-0.2, 0) is 14.4 Å². The van der Waals surface area contributed by atoms with Crippen molar-refractivity contribution in [3.8, 4) is 0 Å². The first-order valence-electron chi connectivity index (χ1n) is 9.16. The molecule has 12 nitrogen and oxygen atoms in total. The molecular weight excluding hydrogens is 396 g/mol. The van der Waals surface area contributed by atoms with Gasteiger partial charge in [0.05, 0.1) is 11.1 Å². The van der Waals surface area contributed by atoms with E-state index in [2.05, 4.69) is 15.3 Å². The summed E-state index contributed by atoms with van der Waals surface area (Å²) in [6.07, 6.45) is 0.462. The average Bonchev–Trinajstić information content (AvgIpc) is 2.94. The number of piperidine rings is 1. The number of carbonyl (C=O) groups is 5. The predicted octanol–water partition coefficient (Wildman–Crippen LogP) is 0.679. The smallest absolute Gasteiger partial charge is 0.323 e. The zero-order valence-electron chi connectivity index (χ0n) is 15.8. The van der Waals surface area contributed by atoms with Gasteiger partial charge in [0.1, 0.15) is 12.6 Å². The lowest BCUT2D eigenvalue weighted by Crippen LogP contribution is -2.54. The van der Waals surface area contributed by atoms with E-state index >= 15 is 0 Å². The number of azide groups is 1. The Bertz CT molecular complexity index is 985. The van der Waals surface area contributed by atoms with E-state index in [-0.39, 0.29) is 43.6 Å². The highest BCUT2D eigenvalue weighted by molar-refractivity contribution is 6.23. The van der Waals surface area contributed by atoms with E-state index in [1.807, 2.05) is 0 Å². The molecule has 1 aromatic carbocycles. The first-order chi connectivity index (χ1) is 14.3. The summed E-state index contributed by atoms with van der Waals surface area (Å²) in [6, 6.07) is 3.28. The lowest BCUT2D eigenvalue weighted by molar-refractivity contribution is -0.137. The quantitative estimate of drug-likeness (QED) is 0.207. The number of nitrogens with zero attached hydrogens (tertiary/aromatic N) is 5. The highest BCUT2D eigenvalue weighted by Crippen LogP contribution is 2.30. The zero-order valence-corrected chi connectivity index (χ0v) is 15.8. The Balaban J connectivity index is 1.85. The van der Waals surface area contributed by atoms with Crippen LogP contribution in [0.5, 0.6) is 0 Å². The number of benzene rings is 1. The van der Waals surface area contributed by atoms with Crippen LogP contribution < -0.4 is 10.2 Å². The number of fused-ring (bicyclic) bond motifs is 1. The first-order valence-corrected chi connectivity index (χ1v) is 9.16. The number of imide groups is 2. The molecule has 12 heteroatoms. The maximum absolute atomic E-state index is 12.9. The van der Waals surface area contributed by atoms with Crippen LogP contribution in [0.1, 0.15) is 40.0 Å². The molecule has 0 aromatic heterocycles. The molecule has 4 amide bonds. The van der Waals surface area contributed by atoms with Crippen LogP contribution in [0.15, 0.2) is 23.3 Å². The number of nitrogens with one attached hydrogen (secondary N) is 1. The second-order valence-corrected chi connectivity index (χ2v) is 6.80. The van der Waals surface area contributed by atoms with Crippen LogP contribution in [0.2, 0.25) is 0 Å². The number of rotatable bonds is 8. The van der Waals surface area contributed by atoms with Gasteiger partial charge in [-0.3, -0.25) is 34.2 Å². The van der Waals surface area contributed by atoms with Gasteiger partial charge in [0, 0.05) is 30.1 Å². The van der Waals surface area contributed by atoms with Crippen molar-refractivity contribution in [3.63, 3.8) is 0 Å². The molecule has 2 N–H and O–H groups in total. The number of anilines is 1. The maximum atomic E-state index is 12.9. The predicted molar refractivity (Wildman–Crippen MR) is 102 cm³/mol. The van der Waals surface area contributed by atoms with Crippen molar-refractivity contribution in [2.45, 2.75) is 25.3 Å². The van der Waals surface area contributed by atoms with Crippen LogP contribution >= 0.6 is 0 Å². The maximum Gasteiger partial charge on any atom is 0.323 e. The third-order valence-corrected chi connectivity index (χ3v) is 4.86. The fraction of sp³-hybridized carbons (Fsp3) is 0.389. The molecule has 0 saturated carbocycles. The van der Waals surface area contributed by atoms with Gasteiger partial charge in [0.2, 0.25) is 11.8 Å². The van der Waals surface area contributed by atoms with Crippen LogP contribution in [-0.4, -0.2) is 65.3 Å². The molecule has 0 aliphatic carbocycles. The number of aliphatic carboxylic acids is 1. The Morgan fingerprint density at radius 2 is 2.00 bits per heavy atom. The van der Waals surface area contributed by atoms with Gasteiger partial charge in [-0.2, -0.15) is 0 Å². The minimum Gasteiger partial charge on any atom is -0.480 e. The van der Waals surface area contributed by atoms with Crippen LogP contribution in [0.25, 0.3) is 10.4 Å². The summed E-state index contributed by atoms with van der Waals surface area (Å²) in [4.78, 5) is 65.3. The molecular formula is C18H18N6O6. The van der Waals surface area contributed by atoms with Crippen LogP contribution in [0, 0.1) is 0 Å². The Morgan fingerprint density at radius 3 is 2.67 bits per heavy atom. The highest BCUT2D eigenvalue weighted by Gasteiger charge is 2.44. The molecule has 2 heterocycles. The van der Waals surface area contributed by atoms with Crippen molar-refractivity contribution in [2.75, 3.05) is 24.5 Å². The topological polar surface area (TPSA) is 173 Å². The lowest BCUT2D eigenvalue weighted by Gasteiger charge is -2.27. The first kappa shape index (κ1) is 20.8. The molecule has 30 heavy (non-hydrogen) atoms. The number of hydrogen-bond acceptors (Lipinski definition) is 7. The molecule has 156 valence electrons. The summed E-state index contributed by atoms with van der Waals surface area (Å²) in [5, 5.41) is 14.7. The van der Waals surface area contributed by atoms with Crippen LogP contribution in [0.4, 0.5) is 5.69 Å². The fourth-order valence-electron chi connectivity index (χ4n) is 3.50. The van der Waals surface area contributed by atoms with E-state index in [4.69, 9.17) is 5.53 Å². The second-order valence-electron chi connectivity index (χ2n) is 6.80. The molecule has 2 aliphatic heterocycles. The SMILES string of the molecule is [N-]=[N+]=NCCCN(CC(=O)O)c1ccc2c(c1)C(=O)N(C1CCC(=O)NC1=O)C2=O. The van der Waals surface area contributed by atoms with Gasteiger partial charge in [0.25, 0.3) is 11.8 Å². The lowest BCUT2D eigenvalue weighted by atomic mass is 10.0. The van der Waals surface area contributed by atoms with E-state index in [9.17, 15) is 29.1 Å². The molecule has 3 rings (SSSR count).